The molecule has 10 heteroatoms. The molecule has 202 valence electrons. The van der Waals surface area contributed by atoms with Gasteiger partial charge in [-0.3, -0.25) is 14.7 Å². The lowest BCUT2D eigenvalue weighted by molar-refractivity contribution is 0.0694. The second kappa shape index (κ2) is 13.2. The number of pyridine rings is 1. The molecule has 1 amide bonds. The van der Waals surface area contributed by atoms with Crippen molar-refractivity contribution < 1.29 is 14.7 Å². The number of primary amides is 1. The van der Waals surface area contributed by atoms with Gasteiger partial charge in [-0.2, -0.15) is 0 Å². The van der Waals surface area contributed by atoms with Crippen LogP contribution in [0.2, 0.25) is 0 Å². The zero-order valence-electron chi connectivity index (χ0n) is 22.1. The van der Waals surface area contributed by atoms with Gasteiger partial charge in [-0.25, -0.2) is 19.7 Å². The Morgan fingerprint density at radius 3 is 2.41 bits per heavy atom. The van der Waals surface area contributed by atoms with Crippen LogP contribution in [0.1, 0.15) is 72.8 Å². The van der Waals surface area contributed by atoms with Crippen LogP contribution in [0.5, 0.6) is 0 Å². The third-order valence-corrected chi connectivity index (χ3v) is 7.61. The van der Waals surface area contributed by atoms with Gasteiger partial charge in [0.1, 0.15) is 11.9 Å². The molecule has 9 nitrogen and oxygen atoms in total. The van der Waals surface area contributed by atoms with Crippen molar-refractivity contribution in [3.8, 4) is 0 Å². The molecule has 1 aliphatic carbocycles. The summed E-state index contributed by atoms with van der Waals surface area (Å²) in [7, 11) is 0. The Kier molecular flexibility index (Phi) is 9.45. The van der Waals surface area contributed by atoms with Crippen LogP contribution in [0.3, 0.4) is 0 Å². The number of aromatic nitrogens is 4. The maximum Gasteiger partial charge on any atom is 0.339 e. The van der Waals surface area contributed by atoms with Gasteiger partial charge in [-0.05, 0) is 62.4 Å². The molecule has 0 aliphatic heterocycles. The number of carboxylic acids is 1. The predicted molar refractivity (Wildman–Crippen MR) is 150 cm³/mol. The monoisotopic (exact) mass is 544 g/mol. The first-order valence-electron chi connectivity index (χ1n) is 12.8. The van der Waals surface area contributed by atoms with Gasteiger partial charge in [0.25, 0.3) is 0 Å². The number of rotatable bonds is 8. The van der Waals surface area contributed by atoms with Gasteiger partial charge in [-0.15, -0.1) is 11.3 Å². The predicted octanol–water partition coefficient (Wildman–Crippen LogP) is 4.55. The van der Waals surface area contributed by atoms with Crippen LogP contribution < -0.4 is 5.73 Å². The number of carboxylic acid groups (broad SMARTS) is 1. The van der Waals surface area contributed by atoms with E-state index in [2.05, 4.69) is 25.9 Å². The van der Waals surface area contributed by atoms with E-state index in [0.29, 0.717) is 23.0 Å². The van der Waals surface area contributed by atoms with Crippen LogP contribution in [-0.2, 0) is 19.4 Å². The Labute approximate surface area is 231 Å². The fraction of sp³-hybridized carbons (Fsp3) is 0.310. The largest absolute Gasteiger partial charge is 0.478 e. The van der Waals surface area contributed by atoms with Crippen molar-refractivity contribution in [2.45, 2.75) is 52.1 Å². The number of carbonyl (C=O) groups is 2. The Morgan fingerprint density at radius 2 is 1.79 bits per heavy atom. The Bertz CT molecular complexity index is 1390. The molecule has 0 saturated carbocycles. The van der Waals surface area contributed by atoms with Gasteiger partial charge < -0.3 is 10.8 Å². The summed E-state index contributed by atoms with van der Waals surface area (Å²) in [6.07, 6.45) is 9.45. The molecular weight excluding hydrogens is 512 g/mol. The fourth-order valence-corrected chi connectivity index (χ4v) is 5.42. The zero-order chi connectivity index (χ0) is 27.8. The molecule has 0 radical (unpaired) electrons. The van der Waals surface area contributed by atoms with Crippen molar-refractivity contribution in [2.24, 2.45) is 5.73 Å². The summed E-state index contributed by atoms with van der Waals surface area (Å²) in [6, 6.07) is 12.2. The highest BCUT2D eigenvalue weighted by molar-refractivity contribution is 7.09. The Hall–Kier alpha value is -4.02. The highest BCUT2D eigenvalue weighted by Crippen LogP contribution is 2.34. The number of carbonyl (C=O) groups excluding carboxylic acids is 1. The van der Waals surface area contributed by atoms with Crippen LogP contribution in [0.4, 0.5) is 0 Å². The first-order chi connectivity index (χ1) is 18.8. The summed E-state index contributed by atoms with van der Waals surface area (Å²) in [6.45, 7) is 5.03. The number of nitrogens with two attached hydrogens (primary N) is 1. The third-order valence-electron chi connectivity index (χ3n) is 6.77. The highest BCUT2D eigenvalue weighted by atomic mass is 32.1. The molecule has 1 unspecified atom stereocenters. The molecule has 1 aliphatic rings. The number of hydrogen-bond donors (Lipinski definition) is 2. The SMILES string of the molecule is Cc1ncnc(C)c1C(=O)O.NC(=O)c1ccc(CN(CCc2nccs2)C2CCCc3cccnc32)cc1. The first-order valence-corrected chi connectivity index (χ1v) is 13.7. The molecule has 3 N–H and O–H groups in total. The molecule has 1 atom stereocenters. The summed E-state index contributed by atoms with van der Waals surface area (Å²) >= 11 is 1.70. The number of amides is 1. The van der Waals surface area contributed by atoms with E-state index >= 15 is 0 Å². The van der Waals surface area contributed by atoms with Gasteiger partial charge in [0.15, 0.2) is 0 Å². The topological polar surface area (TPSA) is 135 Å². The Morgan fingerprint density at radius 1 is 1.05 bits per heavy atom. The van der Waals surface area contributed by atoms with Crippen molar-refractivity contribution in [2.75, 3.05) is 6.54 Å². The number of thiazole rings is 1. The first kappa shape index (κ1) is 28.0. The van der Waals surface area contributed by atoms with Gasteiger partial charge in [0.05, 0.1) is 28.1 Å². The number of nitrogens with zero attached hydrogens (tertiary/aromatic N) is 5. The molecule has 0 bridgehead atoms. The van der Waals surface area contributed by atoms with Gasteiger partial charge in [0, 0.05) is 42.8 Å². The van der Waals surface area contributed by atoms with Gasteiger partial charge in [-0.1, -0.05) is 18.2 Å². The van der Waals surface area contributed by atoms with E-state index in [1.807, 2.05) is 48.1 Å². The molecule has 39 heavy (non-hydrogen) atoms. The minimum absolute atomic E-state index is 0.201. The van der Waals surface area contributed by atoms with Crippen LogP contribution in [0.15, 0.2) is 60.5 Å². The van der Waals surface area contributed by atoms with E-state index < -0.39 is 11.9 Å². The number of aromatic carboxylic acids is 1. The van der Waals surface area contributed by atoms with E-state index in [-0.39, 0.29) is 5.56 Å². The highest BCUT2D eigenvalue weighted by Gasteiger charge is 2.27. The number of aryl methyl sites for hydroxylation is 3. The summed E-state index contributed by atoms with van der Waals surface area (Å²) in [5, 5.41) is 11.9. The molecular formula is C29H32N6O3S. The third kappa shape index (κ3) is 7.30. The maximum atomic E-state index is 11.4. The van der Waals surface area contributed by atoms with E-state index in [4.69, 9.17) is 15.8 Å². The van der Waals surface area contributed by atoms with Crippen molar-refractivity contribution in [3.05, 3.63) is 105 Å². The molecule has 4 aromatic rings. The molecule has 3 heterocycles. The summed E-state index contributed by atoms with van der Waals surface area (Å²) in [5.74, 6) is -1.36. The summed E-state index contributed by atoms with van der Waals surface area (Å²) in [4.78, 5) is 41.1. The lowest BCUT2D eigenvalue weighted by atomic mass is 9.90. The van der Waals surface area contributed by atoms with Crippen molar-refractivity contribution in [1.82, 2.24) is 24.8 Å². The average molecular weight is 545 g/mol. The van der Waals surface area contributed by atoms with E-state index in [1.165, 1.54) is 29.6 Å². The summed E-state index contributed by atoms with van der Waals surface area (Å²) in [5.41, 5.74) is 10.9. The smallest absolute Gasteiger partial charge is 0.339 e. The van der Waals surface area contributed by atoms with Crippen LogP contribution in [-0.4, -0.2) is 48.4 Å². The minimum atomic E-state index is -0.972. The number of hydrogen-bond acceptors (Lipinski definition) is 8. The van der Waals surface area contributed by atoms with Crippen molar-refractivity contribution >= 4 is 23.2 Å². The van der Waals surface area contributed by atoms with Crippen LogP contribution in [0.25, 0.3) is 0 Å². The average Bonchev–Trinajstić information content (AvgIpc) is 3.45. The Balaban J connectivity index is 0.000000270. The molecule has 0 spiro atoms. The standard InChI is InChI=1S/C22H24N4OS.C7H8N2O2/c23-22(27)18-8-6-16(7-9-18)15-26(13-10-20-24-12-14-28-20)19-5-1-3-17-4-2-11-25-21(17)19;1-4-6(7(10)11)5(2)9-3-8-4/h2,4,6-9,11-12,14,19H,1,3,5,10,13,15H2,(H2,23,27);3H,1-2H3,(H,10,11). The van der Waals surface area contributed by atoms with Gasteiger partial charge >= 0.3 is 5.97 Å². The van der Waals surface area contributed by atoms with Crippen molar-refractivity contribution in [3.63, 3.8) is 0 Å². The lowest BCUT2D eigenvalue weighted by Gasteiger charge is -2.35. The van der Waals surface area contributed by atoms with Crippen molar-refractivity contribution in [1.29, 1.82) is 0 Å². The normalized spacial score (nSPS) is 14.3. The molecule has 3 aromatic heterocycles. The van der Waals surface area contributed by atoms with E-state index in [0.717, 1.165) is 37.4 Å². The van der Waals surface area contributed by atoms with Crippen LogP contribution in [0, 0.1) is 13.8 Å². The molecule has 1 aromatic carbocycles. The molecule has 0 saturated heterocycles. The van der Waals surface area contributed by atoms with E-state index in [1.54, 1.807) is 25.2 Å². The minimum Gasteiger partial charge on any atom is -0.478 e. The second-order valence-electron chi connectivity index (χ2n) is 9.39. The quantitative estimate of drug-likeness (QED) is 0.330. The summed E-state index contributed by atoms with van der Waals surface area (Å²) < 4.78 is 0. The zero-order valence-corrected chi connectivity index (χ0v) is 22.9. The lowest BCUT2D eigenvalue weighted by Crippen LogP contribution is -2.33. The maximum absolute atomic E-state index is 11.4. The second-order valence-corrected chi connectivity index (χ2v) is 10.4. The fourth-order valence-electron chi connectivity index (χ4n) is 4.81. The number of benzene rings is 1. The van der Waals surface area contributed by atoms with Gasteiger partial charge in [0.2, 0.25) is 5.91 Å². The molecule has 5 rings (SSSR count). The van der Waals surface area contributed by atoms with Crippen LogP contribution >= 0.6 is 11.3 Å². The van der Waals surface area contributed by atoms with E-state index in [9.17, 15) is 9.59 Å². The molecule has 0 fully saturated rings. The number of fused-ring (bicyclic) bond motifs is 1.